The van der Waals surface area contributed by atoms with Crippen LogP contribution < -0.4 is 4.91 Å². The van der Waals surface area contributed by atoms with Gasteiger partial charge in [-0.15, -0.1) is 0 Å². The Morgan fingerprint density at radius 3 is 2.47 bits per heavy atom. The Kier molecular flexibility index (Phi) is 4.13. The molecule has 0 unspecified atom stereocenters. The molecule has 1 rings (SSSR count). The molecule has 2 N–H and O–H groups in total. The predicted octanol–water partition coefficient (Wildman–Crippen LogP) is 2.82. The largest absolute Gasteiger partial charge is 0.476 e. The molecule has 0 aliphatic carbocycles. The molecule has 0 aliphatic rings. The highest BCUT2D eigenvalue weighted by Gasteiger charge is 2.31. The predicted molar refractivity (Wildman–Crippen MR) is 54.3 cm³/mol. The summed E-state index contributed by atoms with van der Waals surface area (Å²) in [4.78, 5) is 13.1. The zero-order chi connectivity index (χ0) is 14.6. The van der Waals surface area contributed by atoms with E-state index in [1.54, 1.807) is 0 Å². The van der Waals surface area contributed by atoms with E-state index >= 15 is 0 Å². The average molecular weight is 276 g/mol. The van der Waals surface area contributed by atoms with Gasteiger partial charge in [-0.25, -0.2) is 9.18 Å². The standard InChI is InChI=1S/C10H5F4N3O2/c11-7-4-6(10(12,13)14)2-1-5(7)3-8(9(18)19)16-17-15/h1-4,15H/p+1. The molecule has 0 saturated heterocycles. The first-order valence-electron chi connectivity index (χ1n) is 4.65. The lowest BCUT2D eigenvalue weighted by atomic mass is 10.1. The van der Waals surface area contributed by atoms with Crippen LogP contribution in [0.4, 0.5) is 17.6 Å². The summed E-state index contributed by atoms with van der Waals surface area (Å²) in [6.45, 7) is 0. The van der Waals surface area contributed by atoms with Gasteiger partial charge in [-0.05, 0) is 18.2 Å². The van der Waals surface area contributed by atoms with Gasteiger partial charge in [0.15, 0.2) is 5.11 Å². The molecule has 0 radical (unpaired) electrons. The molecule has 0 amide bonds. The van der Waals surface area contributed by atoms with Crippen molar-refractivity contribution in [3.05, 3.63) is 40.8 Å². The third-order valence-corrected chi connectivity index (χ3v) is 2.00. The minimum atomic E-state index is -4.69. The fourth-order valence-corrected chi connectivity index (χ4v) is 1.16. The molecule has 19 heavy (non-hydrogen) atoms. The fourth-order valence-electron chi connectivity index (χ4n) is 1.16. The van der Waals surface area contributed by atoms with E-state index in [0.717, 1.165) is 6.07 Å². The van der Waals surface area contributed by atoms with Crippen LogP contribution in [0.1, 0.15) is 11.1 Å². The third kappa shape index (κ3) is 3.71. The second-order valence-electron chi connectivity index (χ2n) is 3.27. The van der Waals surface area contributed by atoms with E-state index in [9.17, 15) is 22.4 Å². The smallest absolute Gasteiger partial charge is 0.416 e. The second-order valence-corrected chi connectivity index (χ2v) is 3.27. The number of carboxylic acid groups (broad SMARTS) is 1. The van der Waals surface area contributed by atoms with Crippen molar-refractivity contribution in [2.24, 2.45) is 5.11 Å². The number of alkyl halides is 3. The van der Waals surface area contributed by atoms with Crippen molar-refractivity contribution in [3.63, 3.8) is 0 Å². The molecule has 0 aromatic heterocycles. The molecule has 0 heterocycles. The van der Waals surface area contributed by atoms with Crippen molar-refractivity contribution < 1.29 is 27.5 Å². The van der Waals surface area contributed by atoms with Crippen molar-refractivity contribution in [3.8, 4) is 0 Å². The van der Waals surface area contributed by atoms with Crippen LogP contribution in [-0.4, -0.2) is 11.1 Å². The van der Waals surface area contributed by atoms with E-state index in [0.29, 0.717) is 12.1 Å². The van der Waals surface area contributed by atoms with Gasteiger partial charge in [-0.2, -0.15) is 13.2 Å². The van der Waals surface area contributed by atoms with Crippen molar-refractivity contribution >= 4 is 12.0 Å². The number of nitrogens with one attached hydrogen (secondary N) is 1. The van der Waals surface area contributed by atoms with Crippen LogP contribution in [0.25, 0.3) is 6.08 Å². The Morgan fingerprint density at radius 1 is 1.42 bits per heavy atom. The molecular formula is C10H6F4N3O2+. The number of benzene rings is 1. The zero-order valence-electron chi connectivity index (χ0n) is 9.07. The van der Waals surface area contributed by atoms with Crippen LogP contribution in [0.3, 0.4) is 0 Å². The van der Waals surface area contributed by atoms with Crippen LogP contribution in [0, 0.1) is 11.3 Å². The number of hydrogen-bond acceptors (Lipinski definition) is 3. The van der Waals surface area contributed by atoms with Gasteiger partial charge in [0, 0.05) is 5.56 Å². The van der Waals surface area contributed by atoms with Gasteiger partial charge in [-0.1, -0.05) is 6.07 Å². The number of aliphatic carboxylic acids is 1. The summed E-state index contributed by atoms with van der Waals surface area (Å²) >= 11 is 0. The monoisotopic (exact) mass is 276 g/mol. The summed E-state index contributed by atoms with van der Waals surface area (Å²) in [6, 6.07) is 1.61. The Balaban J connectivity index is 3.27. The Labute approximate surface area is 103 Å². The molecule has 9 heteroatoms. The van der Waals surface area contributed by atoms with E-state index < -0.39 is 34.8 Å². The average Bonchev–Trinajstić information content (AvgIpc) is 2.29. The molecule has 5 nitrogen and oxygen atoms in total. The van der Waals surface area contributed by atoms with Crippen LogP contribution in [0.5, 0.6) is 0 Å². The maximum Gasteiger partial charge on any atom is 0.416 e. The number of carboxylic acids is 1. The highest BCUT2D eigenvalue weighted by molar-refractivity contribution is 5.91. The quantitative estimate of drug-likeness (QED) is 0.385. The van der Waals surface area contributed by atoms with E-state index in [4.69, 9.17) is 10.6 Å². The fraction of sp³-hybridized carbons (Fsp3) is 0.100. The molecule has 0 fully saturated rings. The molecule has 1 aromatic rings. The third-order valence-electron chi connectivity index (χ3n) is 2.00. The molecule has 0 atom stereocenters. The molecular weight excluding hydrogens is 270 g/mol. The van der Waals surface area contributed by atoms with Crippen LogP contribution in [-0.2, 0) is 11.0 Å². The lowest BCUT2D eigenvalue weighted by Crippen LogP contribution is -2.05. The van der Waals surface area contributed by atoms with Gasteiger partial charge in [-0.3, -0.25) is 0 Å². The summed E-state index contributed by atoms with van der Waals surface area (Å²) in [6.07, 6.45) is -4.02. The van der Waals surface area contributed by atoms with Gasteiger partial charge in [0.2, 0.25) is 10.6 Å². The number of nitrogens with zero attached hydrogens (tertiary/aromatic N) is 2. The summed E-state index contributed by atoms with van der Waals surface area (Å²) < 4.78 is 50.2. The van der Waals surface area contributed by atoms with Gasteiger partial charge in [0.25, 0.3) is 0 Å². The SMILES string of the molecule is N=[N+]=NC(=Cc1ccc(C(F)(F)F)cc1F)C(=O)O. The van der Waals surface area contributed by atoms with E-state index in [-0.39, 0.29) is 6.07 Å². The van der Waals surface area contributed by atoms with Crippen molar-refractivity contribution in [2.45, 2.75) is 6.18 Å². The van der Waals surface area contributed by atoms with Crippen molar-refractivity contribution in [2.75, 3.05) is 0 Å². The highest BCUT2D eigenvalue weighted by atomic mass is 19.4. The van der Waals surface area contributed by atoms with Gasteiger partial charge >= 0.3 is 12.1 Å². The Bertz CT molecular complexity index is 585. The zero-order valence-corrected chi connectivity index (χ0v) is 9.07. The normalized spacial score (nSPS) is 11.9. The van der Waals surface area contributed by atoms with Crippen LogP contribution in [0.15, 0.2) is 29.0 Å². The first-order valence-corrected chi connectivity index (χ1v) is 4.65. The highest BCUT2D eigenvalue weighted by Crippen LogP contribution is 2.30. The first-order chi connectivity index (χ1) is 8.75. The minimum absolute atomic E-state index is 0.239. The second kappa shape index (κ2) is 5.40. The summed E-state index contributed by atoms with van der Waals surface area (Å²) in [5.41, 5.74) is 4.01. The van der Waals surface area contributed by atoms with Crippen molar-refractivity contribution in [1.82, 2.24) is 4.91 Å². The number of carbonyl (C=O) groups is 1. The van der Waals surface area contributed by atoms with Crippen LogP contribution in [0.2, 0.25) is 0 Å². The number of rotatable bonds is 3. The van der Waals surface area contributed by atoms with Gasteiger partial charge in [0.05, 0.1) is 5.56 Å². The molecule has 100 valence electrons. The summed E-state index contributed by atoms with van der Waals surface area (Å²) in [7, 11) is 0. The summed E-state index contributed by atoms with van der Waals surface area (Å²) in [5.74, 6) is -2.84. The van der Waals surface area contributed by atoms with Gasteiger partial charge < -0.3 is 5.11 Å². The van der Waals surface area contributed by atoms with E-state index in [1.807, 2.05) is 0 Å². The lowest BCUT2D eigenvalue weighted by molar-refractivity contribution is -0.137. The number of hydrogen-bond donors (Lipinski definition) is 2. The molecule has 0 bridgehead atoms. The van der Waals surface area contributed by atoms with Crippen LogP contribution >= 0.6 is 0 Å². The molecule has 1 aromatic carbocycles. The molecule has 0 spiro atoms. The van der Waals surface area contributed by atoms with Crippen molar-refractivity contribution in [1.29, 1.82) is 5.53 Å². The van der Waals surface area contributed by atoms with E-state index in [2.05, 4.69) is 10.0 Å². The van der Waals surface area contributed by atoms with E-state index in [1.165, 1.54) is 0 Å². The number of halogens is 4. The maximum atomic E-state index is 13.4. The Morgan fingerprint density at radius 2 is 2.05 bits per heavy atom. The maximum absolute atomic E-state index is 13.4. The minimum Gasteiger partial charge on any atom is -0.476 e. The topological polar surface area (TPSA) is 87.6 Å². The van der Waals surface area contributed by atoms with Gasteiger partial charge in [0.1, 0.15) is 11.3 Å². The first kappa shape index (κ1) is 14.5. The molecule has 0 saturated carbocycles. The lowest BCUT2D eigenvalue weighted by Gasteiger charge is -2.07. The Hall–Kier alpha value is -2.54. The molecule has 0 aliphatic heterocycles. The summed E-state index contributed by atoms with van der Waals surface area (Å²) in [5, 5.41) is 11.5.